The van der Waals surface area contributed by atoms with E-state index < -0.39 is 0 Å². The SMILES string of the molecule is [Ge][O]CC(c1ccccc1)c1ccccc1. The van der Waals surface area contributed by atoms with Gasteiger partial charge in [0.2, 0.25) is 0 Å². The molecule has 2 aromatic rings. The molecule has 3 radical (unpaired) electrons. The summed E-state index contributed by atoms with van der Waals surface area (Å²) in [6.07, 6.45) is 0. The number of rotatable bonds is 4. The summed E-state index contributed by atoms with van der Waals surface area (Å²) in [5.74, 6) is 0.326. The second-order valence-corrected chi connectivity index (χ2v) is 4.29. The van der Waals surface area contributed by atoms with Gasteiger partial charge in [-0.05, 0) is 0 Å². The summed E-state index contributed by atoms with van der Waals surface area (Å²) in [6.45, 7) is 0.716. The van der Waals surface area contributed by atoms with Gasteiger partial charge in [-0.2, -0.15) is 0 Å². The average Bonchev–Trinajstić information content (AvgIpc) is 2.38. The third-order valence-corrected chi connectivity index (χ3v) is 3.00. The van der Waals surface area contributed by atoms with Crippen LogP contribution in [0.15, 0.2) is 60.7 Å². The third kappa shape index (κ3) is 2.74. The van der Waals surface area contributed by atoms with E-state index in [1.807, 2.05) is 12.1 Å². The first-order valence-electron chi connectivity index (χ1n) is 5.30. The van der Waals surface area contributed by atoms with Crippen molar-refractivity contribution in [2.45, 2.75) is 5.92 Å². The topological polar surface area (TPSA) is 9.23 Å². The van der Waals surface area contributed by atoms with Gasteiger partial charge in [0.15, 0.2) is 0 Å². The van der Waals surface area contributed by atoms with Crippen LogP contribution in [-0.2, 0) is 3.76 Å². The normalized spacial score (nSPS) is 10.6. The van der Waals surface area contributed by atoms with Crippen LogP contribution in [0.3, 0.4) is 0 Å². The first kappa shape index (κ1) is 11.4. The van der Waals surface area contributed by atoms with Crippen molar-refractivity contribution < 1.29 is 3.76 Å². The minimum absolute atomic E-state index is 0.326. The van der Waals surface area contributed by atoms with Crippen LogP contribution in [0.2, 0.25) is 0 Å². The Morgan fingerprint density at radius 2 is 1.25 bits per heavy atom. The molecule has 79 valence electrons. The zero-order valence-electron chi connectivity index (χ0n) is 8.97. The molecule has 2 heteroatoms. The molecule has 0 N–H and O–H groups in total. The predicted molar refractivity (Wildman–Crippen MR) is 66.4 cm³/mol. The first-order valence-corrected chi connectivity index (χ1v) is 6.16. The van der Waals surface area contributed by atoms with Crippen molar-refractivity contribution in [3.05, 3.63) is 71.8 Å². The van der Waals surface area contributed by atoms with Gasteiger partial charge in [-0.1, -0.05) is 0 Å². The van der Waals surface area contributed by atoms with Gasteiger partial charge in [0.1, 0.15) is 0 Å². The maximum atomic E-state index is 5.31. The van der Waals surface area contributed by atoms with Crippen LogP contribution in [0.5, 0.6) is 0 Å². The zero-order chi connectivity index (χ0) is 11.2. The van der Waals surface area contributed by atoms with Gasteiger partial charge in [0.25, 0.3) is 0 Å². The number of benzene rings is 2. The van der Waals surface area contributed by atoms with E-state index in [2.05, 4.69) is 48.5 Å². The fraction of sp³-hybridized carbons (Fsp3) is 0.143. The Morgan fingerprint density at radius 1 is 0.812 bits per heavy atom. The Balaban J connectivity index is 2.31. The van der Waals surface area contributed by atoms with Gasteiger partial charge in [-0.15, -0.1) is 0 Å². The predicted octanol–water partition coefficient (Wildman–Crippen LogP) is 2.92. The van der Waals surface area contributed by atoms with E-state index in [1.165, 1.54) is 11.1 Å². The van der Waals surface area contributed by atoms with Gasteiger partial charge in [-0.3, -0.25) is 0 Å². The van der Waals surface area contributed by atoms with Crippen molar-refractivity contribution in [2.75, 3.05) is 6.61 Å². The molecule has 0 saturated heterocycles. The Bertz CT molecular complexity index is 374. The molecular weight excluding hydrogens is 257 g/mol. The Kier molecular flexibility index (Phi) is 4.19. The Hall–Kier alpha value is -1.06. The van der Waals surface area contributed by atoms with Crippen molar-refractivity contribution in [1.82, 2.24) is 0 Å². The molecule has 1 nitrogen and oxygen atoms in total. The molecule has 0 aliphatic carbocycles. The summed E-state index contributed by atoms with van der Waals surface area (Å²) in [4.78, 5) is 0. The average molecular weight is 270 g/mol. The zero-order valence-corrected chi connectivity index (χ0v) is 11.1. The molecule has 0 unspecified atom stereocenters. The van der Waals surface area contributed by atoms with E-state index >= 15 is 0 Å². The molecular formula is C14H13GeO. The molecule has 0 aliphatic rings. The molecule has 0 atom stereocenters. The molecule has 2 rings (SSSR count). The molecule has 0 heterocycles. The van der Waals surface area contributed by atoms with E-state index in [0.29, 0.717) is 12.5 Å². The summed E-state index contributed by atoms with van der Waals surface area (Å²) < 4.78 is 5.31. The van der Waals surface area contributed by atoms with Gasteiger partial charge in [-0.25, -0.2) is 0 Å². The Morgan fingerprint density at radius 3 is 1.62 bits per heavy atom. The van der Waals surface area contributed by atoms with Crippen LogP contribution < -0.4 is 0 Å². The van der Waals surface area contributed by atoms with Crippen LogP contribution in [0.25, 0.3) is 0 Å². The standard InChI is InChI=1S/C14H13GeO/c15-16-11-14(12-7-3-1-4-8-12)13-9-5-2-6-10-13/h1-10,14H,11H2. The summed E-state index contributed by atoms with van der Waals surface area (Å²) in [5, 5.41) is 0. The monoisotopic (exact) mass is 271 g/mol. The van der Waals surface area contributed by atoms with Crippen LogP contribution in [0, 0.1) is 0 Å². The van der Waals surface area contributed by atoms with Crippen LogP contribution in [0.4, 0.5) is 0 Å². The van der Waals surface area contributed by atoms with Crippen molar-refractivity contribution in [1.29, 1.82) is 0 Å². The third-order valence-electron chi connectivity index (χ3n) is 2.65. The summed E-state index contributed by atoms with van der Waals surface area (Å²) in [5.41, 5.74) is 2.60. The number of hydrogen-bond acceptors (Lipinski definition) is 1. The van der Waals surface area contributed by atoms with Gasteiger partial charge in [0, 0.05) is 0 Å². The Labute approximate surface area is 105 Å². The van der Waals surface area contributed by atoms with Gasteiger partial charge < -0.3 is 0 Å². The van der Waals surface area contributed by atoms with E-state index in [-0.39, 0.29) is 0 Å². The van der Waals surface area contributed by atoms with Crippen LogP contribution in [-0.4, -0.2) is 23.5 Å². The molecule has 0 amide bonds. The molecule has 16 heavy (non-hydrogen) atoms. The first-order chi connectivity index (χ1) is 7.92. The summed E-state index contributed by atoms with van der Waals surface area (Å²) >= 11 is 1.75. The van der Waals surface area contributed by atoms with Crippen molar-refractivity contribution >= 4 is 16.9 Å². The van der Waals surface area contributed by atoms with Crippen molar-refractivity contribution in [3.63, 3.8) is 0 Å². The van der Waals surface area contributed by atoms with Gasteiger partial charge in [0.05, 0.1) is 0 Å². The fourth-order valence-electron chi connectivity index (χ4n) is 1.84. The number of hydrogen-bond donors (Lipinski definition) is 0. The summed E-state index contributed by atoms with van der Waals surface area (Å²) in [6, 6.07) is 21.0. The van der Waals surface area contributed by atoms with E-state index in [9.17, 15) is 0 Å². The molecule has 0 bridgehead atoms. The quantitative estimate of drug-likeness (QED) is 0.776. The van der Waals surface area contributed by atoms with E-state index in [4.69, 9.17) is 3.76 Å². The van der Waals surface area contributed by atoms with E-state index in [1.54, 1.807) is 16.9 Å². The van der Waals surface area contributed by atoms with Crippen LogP contribution in [0.1, 0.15) is 17.0 Å². The molecule has 0 aromatic heterocycles. The molecule has 0 saturated carbocycles. The summed E-state index contributed by atoms with van der Waals surface area (Å²) in [7, 11) is 0. The second-order valence-electron chi connectivity index (χ2n) is 3.68. The molecule has 0 spiro atoms. The maximum absolute atomic E-state index is 5.31. The molecule has 0 aliphatic heterocycles. The molecule has 2 aromatic carbocycles. The van der Waals surface area contributed by atoms with Crippen LogP contribution >= 0.6 is 0 Å². The van der Waals surface area contributed by atoms with Gasteiger partial charge >= 0.3 is 105 Å². The fourth-order valence-corrected chi connectivity index (χ4v) is 2.19. The molecule has 0 fully saturated rings. The van der Waals surface area contributed by atoms with Crippen molar-refractivity contribution in [2.24, 2.45) is 0 Å². The minimum atomic E-state index is 0.326. The second kappa shape index (κ2) is 5.87. The van der Waals surface area contributed by atoms with Crippen molar-refractivity contribution in [3.8, 4) is 0 Å². The van der Waals surface area contributed by atoms with E-state index in [0.717, 1.165) is 0 Å².